The van der Waals surface area contributed by atoms with E-state index in [-0.39, 0.29) is 0 Å². The molecule has 2 fully saturated rings. The van der Waals surface area contributed by atoms with Crippen LogP contribution in [0.4, 0.5) is 0 Å². The van der Waals surface area contributed by atoms with Gasteiger partial charge < -0.3 is 0 Å². The predicted octanol–water partition coefficient (Wildman–Crippen LogP) is 2.37. The fourth-order valence-electron chi connectivity index (χ4n) is 2.56. The molecule has 82 valence electrons. The molecule has 2 heterocycles. The summed E-state index contributed by atoms with van der Waals surface area (Å²) >= 11 is 0. The number of rotatable bonds is 1. The second kappa shape index (κ2) is 4.63. The van der Waals surface area contributed by atoms with Gasteiger partial charge in [0.05, 0.1) is 0 Å². The maximum atomic E-state index is 2.60. The monoisotopic (exact) mass is 196 g/mol. The van der Waals surface area contributed by atoms with Gasteiger partial charge in [0.2, 0.25) is 0 Å². The molecule has 2 nitrogen and oxygen atoms in total. The molecule has 0 aromatic heterocycles. The van der Waals surface area contributed by atoms with Crippen molar-refractivity contribution in [1.29, 1.82) is 0 Å². The average Bonchev–Trinajstić information content (AvgIpc) is 2.21. The Hall–Kier alpha value is -0.0800. The van der Waals surface area contributed by atoms with Crippen LogP contribution in [-0.2, 0) is 0 Å². The van der Waals surface area contributed by atoms with Gasteiger partial charge in [-0.05, 0) is 37.5 Å². The first kappa shape index (κ1) is 10.4. The number of piperidine rings is 2. The Morgan fingerprint density at radius 2 is 0.929 bits per heavy atom. The zero-order valence-electron chi connectivity index (χ0n) is 9.71. The molecule has 14 heavy (non-hydrogen) atoms. The molecular formula is C12H24N2. The number of nitrogens with zero attached hydrogens (tertiary/aromatic N) is 2. The van der Waals surface area contributed by atoms with Gasteiger partial charge in [-0.25, -0.2) is 10.0 Å². The fourth-order valence-corrected chi connectivity index (χ4v) is 2.56. The SMILES string of the molecule is CC1CCN(N2CCC(C)CC2)CC1. The number of hydrazine groups is 1. The molecule has 0 N–H and O–H groups in total. The Balaban J connectivity index is 1.78. The van der Waals surface area contributed by atoms with Crippen molar-refractivity contribution in [3.8, 4) is 0 Å². The van der Waals surface area contributed by atoms with Crippen molar-refractivity contribution in [2.75, 3.05) is 26.2 Å². The average molecular weight is 196 g/mol. The van der Waals surface area contributed by atoms with Crippen molar-refractivity contribution in [1.82, 2.24) is 10.0 Å². The topological polar surface area (TPSA) is 6.48 Å². The highest BCUT2D eigenvalue weighted by atomic mass is 15.6. The van der Waals surface area contributed by atoms with Crippen LogP contribution in [0.2, 0.25) is 0 Å². The summed E-state index contributed by atoms with van der Waals surface area (Å²) < 4.78 is 0. The summed E-state index contributed by atoms with van der Waals surface area (Å²) in [5.74, 6) is 1.91. The van der Waals surface area contributed by atoms with E-state index in [4.69, 9.17) is 0 Å². The van der Waals surface area contributed by atoms with E-state index in [1.165, 1.54) is 51.9 Å². The molecule has 0 unspecified atom stereocenters. The normalized spacial score (nSPS) is 29.6. The van der Waals surface area contributed by atoms with Crippen molar-refractivity contribution in [2.24, 2.45) is 11.8 Å². The lowest BCUT2D eigenvalue weighted by atomic mass is 9.98. The first-order valence-corrected chi connectivity index (χ1v) is 6.25. The van der Waals surface area contributed by atoms with Crippen LogP contribution in [-0.4, -0.2) is 36.2 Å². The molecule has 0 saturated carbocycles. The lowest BCUT2D eigenvalue weighted by Crippen LogP contribution is -2.49. The molecule has 0 bridgehead atoms. The first-order valence-electron chi connectivity index (χ1n) is 6.25. The highest BCUT2D eigenvalue weighted by Gasteiger charge is 2.24. The minimum absolute atomic E-state index is 0.954. The summed E-state index contributed by atoms with van der Waals surface area (Å²) in [7, 11) is 0. The molecule has 2 saturated heterocycles. The van der Waals surface area contributed by atoms with Gasteiger partial charge in [-0.1, -0.05) is 13.8 Å². The van der Waals surface area contributed by atoms with E-state index in [0.29, 0.717) is 0 Å². The third-order valence-corrected chi connectivity index (χ3v) is 3.92. The van der Waals surface area contributed by atoms with Crippen LogP contribution in [0.3, 0.4) is 0 Å². The second-order valence-corrected chi connectivity index (χ2v) is 5.27. The summed E-state index contributed by atoms with van der Waals surface area (Å²) in [4.78, 5) is 0. The van der Waals surface area contributed by atoms with Crippen LogP contribution in [0.1, 0.15) is 39.5 Å². The molecule has 2 heteroatoms. The fraction of sp³-hybridized carbons (Fsp3) is 1.00. The van der Waals surface area contributed by atoms with Crippen molar-refractivity contribution >= 4 is 0 Å². The van der Waals surface area contributed by atoms with E-state index in [0.717, 1.165) is 11.8 Å². The first-order chi connectivity index (χ1) is 6.75. The highest BCUT2D eigenvalue weighted by molar-refractivity contribution is 4.72. The summed E-state index contributed by atoms with van der Waals surface area (Å²) in [6.45, 7) is 9.97. The Bertz CT molecular complexity index is 145. The third-order valence-electron chi connectivity index (χ3n) is 3.92. The third kappa shape index (κ3) is 2.48. The number of hydrogen-bond acceptors (Lipinski definition) is 2. The van der Waals surface area contributed by atoms with Gasteiger partial charge in [0, 0.05) is 26.2 Å². The van der Waals surface area contributed by atoms with Gasteiger partial charge in [0.25, 0.3) is 0 Å². The zero-order valence-corrected chi connectivity index (χ0v) is 9.71. The van der Waals surface area contributed by atoms with Crippen molar-refractivity contribution in [3.05, 3.63) is 0 Å². The van der Waals surface area contributed by atoms with Crippen molar-refractivity contribution in [3.63, 3.8) is 0 Å². The molecule has 0 atom stereocenters. The standard InChI is InChI=1S/C12H24N2/c1-11-3-7-13(8-4-11)14-9-5-12(2)6-10-14/h11-12H,3-10H2,1-2H3. The quantitative estimate of drug-likeness (QED) is 0.635. The minimum Gasteiger partial charge on any atom is -0.242 e. The largest absolute Gasteiger partial charge is 0.242 e. The van der Waals surface area contributed by atoms with Crippen LogP contribution in [0.5, 0.6) is 0 Å². The molecule has 2 aliphatic rings. The lowest BCUT2D eigenvalue weighted by Gasteiger charge is -2.42. The molecule has 2 aliphatic heterocycles. The van der Waals surface area contributed by atoms with E-state index in [9.17, 15) is 0 Å². The van der Waals surface area contributed by atoms with E-state index >= 15 is 0 Å². The molecule has 0 spiro atoms. The molecule has 2 rings (SSSR count). The van der Waals surface area contributed by atoms with E-state index < -0.39 is 0 Å². The maximum absolute atomic E-state index is 2.60. The summed E-state index contributed by atoms with van der Waals surface area (Å²) in [6, 6.07) is 0. The van der Waals surface area contributed by atoms with Crippen LogP contribution in [0.25, 0.3) is 0 Å². The van der Waals surface area contributed by atoms with Gasteiger partial charge in [-0.15, -0.1) is 0 Å². The van der Waals surface area contributed by atoms with E-state index in [1.54, 1.807) is 0 Å². The van der Waals surface area contributed by atoms with Gasteiger partial charge >= 0.3 is 0 Å². The van der Waals surface area contributed by atoms with Crippen LogP contribution >= 0.6 is 0 Å². The van der Waals surface area contributed by atoms with Crippen molar-refractivity contribution < 1.29 is 0 Å². The Labute approximate surface area is 88.2 Å². The number of hydrogen-bond donors (Lipinski definition) is 0. The van der Waals surface area contributed by atoms with Crippen LogP contribution in [0.15, 0.2) is 0 Å². The molecule has 0 aromatic carbocycles. The molecule has 0 aliphatic carbocycles. The molecular weight excluding hydrogens is 172 g/mol. The summed E-state index contributed by atoms with van der Waals surface area (Å²) in [6.07, 6.45) is 5.58. The zero-order chi connectivity index (χ0) is 9.97. The van der Waals surface area contributed by atoms with Gasteiger partial charge in [0.15, 0.2) is 0 Å². The molecule has 0 aromatic rings. The summed E-state index contributed by atoms with van der Waals surface area (Å²) in [5, 5.41) is 5.21. The van der Waals surface area contributed by atoms with E-state index in [2.05, 4.69) is 23.9 Å². The van der Waals surface area contributed by atoms with Crippen LogP contribution in [0, 0.1) is 11.8 Å². The van der Waals surface area contributed by atoms with E-state index in [1.807, 2.05) is 0 Å². The Morgan fingerprint density at radius 3 is 1.21 bits per heavy atom. The smallest absolute Gasteiger partial charge is 0.0135 e. The maximum Gasteiger partial charge on any atom is 0.0135 e. The second-order valence-electron chi connectivity index (χ2n) is 5.27. The highest BCUT2D eigenvalue weighted by Crippen LogP contribution is 2.22. The summed E-state index contributed by atoms with van der Waals surface area (Å²) in [5.41, 5.74) is 0. The van der Waals surface area contributed by atoms with Gasteiger partial charge in [0.1, 0.15) is 0 Å². The Kier molecular flexibility index (Phi) is 3.45. The lowest BCUT2D eigenvalue weighted by molar-refractivity contribution is -0.0667. The predicted molar refractivity (Wildman–Crippen MR) is 59.9 cm³/mol. The minimum atomic E-state index is 0.954. The van der Waals surface area contributed by atoms with Crippen molar-refractivity contribution in [2.45, 2.75) is 39.5 Å². The Morgan fingerprint density at radius 1 is 0.643 bits per heavy atom. The van der Waals surface area contributed by atoms with Gasteiger partial charge in [-0.3, -0.25) is 0 Å². The molecule has 0 amide bonds. The molecule has 0 radical (unpaired) electrons. The van der Waals surface area contributed by atoms with Gasteiger partial charge in [-0.2, -0.15) is 0 Å². The van der Waals surface area contributed by atoms with Crippen LogP contribution < -0.4 is 0 Å².